The summed E-state index contributed by atoms with van der Waals surface area (Å²) in [6.45, 7) is 8.90. The highest BCUT2D eigenvalue weighted by atomic mass is 35.5. The third-order valence-corrected chi connectivity index (χ3v) is 10.8. The van der Waals surface area contributed by atoms with Crippen LogP contribution in [0, 0.1) is 5.92 Å². The summed E-state index contributed by atoms with van der Waals surface area (Å²) in [5.74, 6) is -0.267. The Labute approximate surface area is 234 Å². The Balaban J connectivity index is 1.89. The molecule has 1 aliphatic carbocycles. The third kappa shape index (κ3) is 6.04. The summed E-state index contributed by atoms with van der Waals surface area (Å²) in [5.41, 5.74) is 1.54. The summed E-state index contributed by atoms with van der Waals surface area (Å²) in [5, 5.41) is 1.34. The molecule has 0 N–H and O–H groups in total. The van der Waals surface area contributed by atoms with Gasteiger partial charge in [0.25, 0.3) is 5.91 Å². The van der Waals surface area contributed by atoms with E-state index < -0.39 is 38.9 Å². The van der Waals surface area contributed by atoms with Gasteiger partial charge in [0.15, 0.2) is 9.84 Å². The quantitative estimate of drug-likeness (QED) is 0.307. The van der Waals surface area contributed by atoms with E-state index in [4.69, 9.17) is 39.5 Å². The van der Waals surface area contributed by atoms with Crippen molar-refractivity contribution in [3.63, 3.8) is 0 Å². The molecule has 4 unspecified atom stereocenters. The van der Waals surface area contributed by atoms with Crippen molar-refractivity contribution in [2.75, 3.05) is 5.75 Å². The number of ether oxygens (including phenoxy) is 1. The van der Waals surface area contributed by atoms with Crippen molar-refractivity contribution in [1.29, 1.82) is 0 Å². The summed E-state index contributed by atoms with van der Waals surface area (Å²) in [7, 11) is -3.53. The van der Waals surface area contributed by atoms with Crippen LogP contribution in [0.25, 0.3) is 0 Å². The van der Waals surface area contributed by atoms with Gasteiger partial charge in [0.1, 0.15) is 12.2 Å². The van der Waals surface area contributed by atoms with Crippen molar-refractivity contribution in [3.8, 4) is 0 Å². The number of rotatable bonds is 8. The highest BCUT2D eigenvalue weighted by Crippen LogP contribution is 2.48. The van der Waals surface area contributed by atoms with Gasteiger partial charge in [-0.3, -0.25) is 4.79 Å². The van der Waals surface area contributed by atoms with Crippen LogP contribution < -0.4 is 0 Å². The summed E-state index contributed by atoms with van der Waals surface area (Å²) in [6.07, 6.45) is 2.26. The Kier molecular flexibility index (Phi) is 8.37. The van der Waals surface area contributed by atoms with E-state index in [2.05, 4.69) is 6.58 Å². The molecular weight excluding hydrogens is 553 g/mol. The molecule has 200 valence electrons. The van der Waals surface area contributed by atoms with Gasteiger partial charge in [0.05, 0.1) is 26.6 Å². The van der Waals surface area contributed by atoms with Crippen molar-refractivity contribution in [2.24, 2.45) is 5.92 Å². The van der Waals surface area contributed by atoms with E-state index >= 15 is 0 Å². The largest absolute Gasteiger partial charge is 0.358 e. The van der Waals surface area contributed by atoms with E-state index in [9.17, 15) is 13.2 Å². The number of halogens is 3. The standard InChI is InChI=1S/C28H32Cl3NO4S/c1-5-6-24-27(33)32(23(17-7-8-17)16-37(34,35)28(2,3)4)25(18-9-12-20(29)13-10-18)26(36-24)19-11-14-21(30)22(31)15-19/h5,9-15,17,23-26H,1,6-8,16H2,2-4H3. The van der Waals surface area contributed by atoms with E-state index in [0.717, 1.165) is 24.0 Å². The van der Waals surface area contributed by atoms with Gasteiger partial charge in [-0.15, -0.1) is 6.58 Å². The fourth-order valence-corrected chi connectivity index (χ4v) is 6.60. The zero-order valence-electron chi connectivity index (χ0n) is 21.2. The van der Waals surface area contributed by atoms with Crippen LogP contribution in [0.2, 0.25) is 15.1 Å². The third-order valence-electron chi connectivity index (χ3n) is 7.14. The molecule has 1 saturated heterocycles. The number of nitrogens with zero attached hydrogens (tertiary/aromatic N) is 1. The van der Waals surface area contributed by atoms with E-state index in [1.54, 1.807) is 56.0 Å². The van der Waals surface area contributed by atoms with Crippen LogP contribution in [0.1, 0.15) is 63.3 Å². The lowest BCUT2D eigenvalue weighted by atomic mass is 9.89. The minimum Gasteiger partial charge on any atom is -0.358 e. The fourth-order valence-electron chi connectivity index (χ4n) is 4.78. The molecule has 37 heavy (non-hydrogen) atoms. The number of hydrogen-bond donors (Lipinski definition) is 0. The summed E-state index contributed by atoms with van der Waals surface area (Å²) in [6, 6.07) is 11.4. The molecule has 2 aromatic carbocycles. The average molecular weight is 585 g/mol. The number of hydrogen-bond acceptors (Lipinski definition) is 4. The number of amides is 1. The summed E-state index contributed by atoms with van der Waals surface area (Å²) >= 11 is 18.8. The van der Waals surface area contributed by atoms with Gasteiger partial charge in [0, 0.05) is 17.5 Å². The maximum Gasteiger partial charge on any atom is 0.252 e. The number of morpholine rings is 1. The zero-order valence-corrected chi connectivity index (χ0v) is 24.2. The topological polar surface area (TPSA) is 63.7 Å². The van der Waals surface area contributed by atoms with E-state index in [1.165, 1.54) is 0 Å². The second-order valence-corrected chi connectivity index (χ2v) is 14.8. The van der Waals surface area contributed by atoms with Crippen LogP contribution >= 0.6 is 34.8 Å². The molecular formula is C28H32Cl3NO4S. The van der Waals surface area contributed by atoms with Gasteiger partial charge in [0.2, 0.25) is 0 Å². The highest BCUT2D eigenvalue weighted by molar-refractivity contribution is 7.92. The highest BCUT2D eigenvalue weighted by Gasteiger charge is 2.51. The molecule has 1 aliphatic heterocycles. The fraction of sp³-hybridized carbons (Fsp3) is 0.464. The van der Waals surface area contributed by atoms with Crippen molar-refractivity contribution in [2.45, 2.75) is 69.1 Å². The summed E-state index contributed by atoms with van der Waals surface area (Å²) < 4.78 is 32.4. The van der Waals surface area contributed by atoms with Crippen molar-refractivity contribution in [3.05, 3.63) is 81.3 Å². The van der Waals surface area contributed by atoms with Crippen molar-refractivity contribution in [1.82, 2.24) is 4.90 Å². The van der Waals surface area contributed by atoms with Crippen molar-refractivity contribution >= 4 is 50.5 Å². The van der Waals surface area contributed by atoms with Gasteiger partial charge in [-0.1, -0.05) is 59.1 Å². The Morgan fingerprint density at radius 1 is 1.05 bits per heavy atom. The smallest absolute Gasteiger partial charge is 0.252 e. The minimum atomic E-state index is -3.53. The first-order valence-corrected chi connectivity index (χ1v) is 15.1. The number of carbonyl (C=O) groups is 1. The van der Waals surface area contributed by atoms with Crippen molar-refractivity contribution < 1.29 is 17.9 Å². The Morgan fingerprint density at radius 2 is 1.68 bits per heavy atom. The number of benzene rings is 2. The normalized spacial score (nSPS) is 23.7. The minimum absolute atomic E-state index is 0.0906. The maximum atomic E-state index is 14.1. The molecule has 1 amide bonds. The molecule has 0 bridgehead atoms. The van der Waals surface area contributed by atoms with E-state index in [1.807, 2.05) is 18.2 Å². The first-order valence-electron chi connectivity index (χ1n) is 12.4. The first-order chi connectivity index (χ1) is 17.3. The zero-order chi connectivity index (χ0) is 27.1. The lowest BCUT2D eigenvalue weighted by Gasteiger charge is -2.48. The molecule has 5 nitrogen and oxygen atoms in total. The predicted molar refractivity (Wildman–Crippen MR) is 150 cm³/mol. The molecule has 0 spiro atoms. The van der Waals surface area contributed by atoms with Crippen LogP contribution in [0.5, 0.6) is 0 Å². The Bertz CT molecular complexity index is 1270. The SMILES string of the molecule is C=CCC1OC(c2ccc(Cl)c(Cl)c2)C(c2ccc(Cl)cc2)N(C(CS(=O)(=O)C(C)(C)C)C2CC2)C1=O. The van der Waals surface area contributed by atoms with E-state index in [0.29, 0.717) is 21.5 Å². The lowest BCUT2D eigenvalue weighted by molar-refractivity contribution is -0.178. The molecule has 0 radical (unpaired) electrons. The average Bonchev–Trinajstić information content (AvgIpc) is 3.66. The molecule has 9 heteroatoms. The second-order valence-electron chi connectivity index (χ2n) is 10.8. The number of sulfone groups is 1. The Morgan fingerprint density at radius 3 is 2.22 bits per heavy atom. The van der Waals surface area contributed by atoms with Gasteiger partial charge in [-0.25, -0.2) is 8.42 Å². The van der Waals surface area contributed by atoms with Crippen LogP contribution in [-0.2, 0) is 19.4 Å². The van der Waals surface area contributed by atoms with Gasteiger partial charge >= 0.3 is 0 Å². The number of carbonyl (C=O) groups excluding carboxylic acids is 1. The predicted octanol–water partition coefficient (Wildman–Crippen LogP) is 7.22. The second kappa shape index (κ2) is 10.9. The maximum absolute atomic E-state index is 14.1. The summed E-state index contributed by atoms with van der Waals surface area (Å²) in [4.78, 5) is 15.8. The van der Waals surface area contributed by atoms with Gasteiger partial charge in [-0.2, -0.15) is 0 Å². The molecule has 2 aliphatic rings. The van der Waals surface area contributed by atoms with Crippen LogP contribution in [0.4, 0.5) is 0 Å². The molecule has 1 saturated carbocycles. The van der Waals surface area contributed by atoms with Crippen LogP contribution in [0.3, 0.4) is 0 Å². The van der Waals surface area contributed by atoms with Gasteiger partial charge in [-0.05, 0) is 74.9 Å². The van der Waals surface area contributed by atoms with Gasteiger partial charge < -0.3 is 9.64 Å². The van der Waals surface area contributed by atoms with Crippen LogP contribution in [-0.4, -0.2) is 41.9 Å². The lowest BCUT2D eigenvalue weighted by Crippen LogP contribution is -2.57. The molecule has 2 fully saturated rings. The molecule has 1 heterocycles. The Hall–Kier alpha value is -1.57. The van der Waals surface area contributed by atoms with Crippen LogP contribution in [0.15, 0.2) is 55.1 Å². The molecule has 4 rings (SSSR count). The van der Waals surface area contributed by atoms with E-state index in [-0.39, 0.29) is 17.6 Å². The molecule has 4 atom stereocenters. The monoisotopic (exact) mass is 583 g/mol. The molecule has 2 aromatic rings. The first kappa shape index (κ1) is 28.4. The molecule has 0 aromatic heterocycles.